The number of halogens is 2. The third kappa shape index (κ3) is 3.63. The molecule has 0 amide bonds. The van der Waals surface area contributed by atoms with Crippen molar-refractivity contribution in [2.75, 3.05) is 11.1 Å². The molecule has 0 saturated carbocycles. The Balaban J connectivity index is 1.86. The third-order valence-corrected chi connectivity index (χ3v) is 5.85. The van der Waals surface area contributed by atoms with Gasteiger partial charge in [-0.3, -0.25) is 0 Å². The van der Waals surface area contributed by atoms with Gasteiger partial charge in [-0.2, -0.15) is 4.98 Å². The minimum Gasteiger partial charge on any atom is -0.504 e. The minimum atomic E-state index is -0.667. The molecule has 0 bridgehead atoms. The van der Waals surface area contributed by atoms with Crippen molar-refractivity contribution in [3.05, 3.63) is 44.8 Å². The summed E-state index contributed by atoms with van der Waals surface area (Å²) >= 11 is 8.20. The summed E-state index contributed by atoms with van der Waals surface area (Å²) in [6.07, 6.45) is -0.667. The molecule has 0 radical (unpaired) electrons. The number of anilines is 1. The van der Waals surface area contributed by atoms with Crippen LogP contribution in [-0.4, -0.2) is 31.1 Å². The normalized spacial score (nSPS) is 15.0. The van der Waals surface area contributed by atoms with Gasteiger partial charge in [0.05, 0.1) is 4.47 Å². The molecule has 0 spiro atoms. The number of hydrogen-bond acceptors (Lipinski definition) is 8. The van der Waals surface area contributed by atoms with E-state index in [4.69, 9.17) is 4.74 Å². The van der Waals surface area contributed by atoms with Gasteiger partial charge in [-0.15, -0.1) is 10.2 Å². The summed E-state index contributed by atoms with van der Waals surface area (Å²) in [5.41, 5.74) is 2.70. The summed E-state index contributed by atoms with van der Waals surface area (Å²) in [5.74, 6) is 0.665. The number of benzene rings is 2. The number of thioether (sulfide) groups is 1. The van der Waals surface area contributed by atoms with E-state index in [1.165, 1.54) is 17.8 Å². The molecule has 2 heterocycles. The smallest absolute Gasteiger partial charge is 0.247 e. The number of aromatic hydroxyl groups is 2. The molecule has 0 unspecified atom stereocenters. The van der Waals surface area contributed by atoms with Crippen molar-refractivity contribution < 1.29 is 14.9 Å². The largest absolute Gasteiger partial charge is 0.504 e. The zero-order valence-corrected chi connectivity index (χ0v) is 18.5. The van der Waals surface area contributed by atoms with Crippen LogP contribution in [0, 0.1) is 0 Å². The molecule has 28 heavy (non-hydrogen) atoms. The van der Waals surface area contributed by atoms with Crippen molar-refractivity contribution >= 4 is 49.3 Å². The molecule has 4 rings (SSSR count). The molecule has 7 nitrogen and oxygen atoms in total. The lowest BCUT2D eigenvalue weighted by Gasteiger charge is -2.20. The summed E-state index contributed by atoms with van der Waals surface area (Å²) in [5, 5.41) is 32.2. The van der Waals surface area contributed by atoms with E-state index in [0.29, 0.717) is 26.8 Å². The number of hydrogen-bond donors (Lipinski definition) is 3. The molecule has 144 valence electrons. The van der Waals surface area contributed by atoms with E-state index in [2.05, 4.69) is 52.4 Å². The van der Waals surface area contributed by atoms with Gasteiger partial charge in [-0.05, 0) is 52.0 Å². The first-order valence-corrected chi connectivity index (χ1v) is 10.9. The SMILES string of the molecule is CCSc1nnc2c(n1)O[C@H](c1cc(O)c(O)c(Br)c1)Nc1ccc(Br)cc1-2. The molecular weight excluding hydrogens is 512 g/mol. The van der Waals surface area contributed by atoms with Gasteiger partial charge in [0.25, 0.3) is 0 Å². The summed E-state index contributed by atoms with van der Waals surface area (Å²) in [7, 11) is 0. The van der Waals surface area contributed by atoms with Crippen LogP contribution in [0.3, 0.4) is 0 Å². The number of ether oxygens (including phenoxy) is 1. The Hall–Kier alpha value is -2.04. The number of nitrogens with zero attached hydrogens (tertiary/aromatic N) is 3. The highest BCUT2D eigenvalue weighted by molar-refractivity contribution is 9.10. The number of phenols is 2. The Kier molecular flexibility index (Phi) is 5.35. The Morgan fingerprint density at radius 2 is 2.00 bits per heavy atom. The number of rotatable bonds is 3. The Morgan fingerprint density at radius 3 is 2.75 bits per heavy atom. The highest BCUT2D eigenvalue weighted by Gasteiger charge is 2.27. The Morgan fingerprint density at radius 1 is 1.18 bits per heavy atom. The third-order valence-electron chi connectivity index (χ3n) is 4.03. The van der Waals surface area contributed by atoms with Gasteiger partial charge < -0.3 is 20.3 Å². The lowest BCUT2D eigenvalue weighted by Crippen LogP contribution is -2.17. The molecule has 1 aliphatic heterocycles. The lowest BCUT2D eigenvalue weighted by molar-refractivity contribution is 0.224. The zero-order chi connectivity index (χ0) is 19.8. The van der Waals surface area contributed by atoms with Crippen LogP contribution < -0.4 is 10.1 Å². The van der Waals surface area contributed by atoms with Gasteiger partial charge in [0, 0.05) is 21.3 Å². The number of fused-ring (bicyclic) bond motifs is 3. The second-order valence-corrected chi connectivity index (χ2v) is 8.88. The summed E-state index contributed by atoms with van der Waals surface area (Å²) < 4.78 is 7.38. The molecule has 3 aromatic rings. The first-order chi connectivity index (χ1) is 13.5. The van der Waals surface area contributed by atoms with Gasteiger partial charge in [0.1, 0.15) is 0 Å². The monoisotopic (exact) mass is 524 g/mol. The molecular formula is C18H14Br2N4O3S. The van der Waals surface area contributed by atoms with Crippen LogP contribution in [0.25, 0.3) is 11.3 Å². The van der Waals surface area contributed by atoms with Gasteiger partial charge in [-0.1, -0.05) is 34.6 Å². The van der Waals surface area contributed by atoms with Crippen molar-refractivity contribution in [3.63, 3.8) is 0 Å². The second-order valence-electron chi connectivity index (χ2n) is 5.88. The maximum Gasteiger partial charge on any atom is 0.247 e. The standard InChI is InChI=1S/C18H14Br2N4O3S/c1-2-28-18-22-17-14(23-24-18)10-7-9(19)3-4-12(10)21-16(27-17)8-5-11(20)15(26)13(25)6-8/h3-7,16,21,25-26H,2H2,1H3/t16-/m1/s1. The first kappa shape index (κ1) is 19.3. The quantitative estimate of drug-likeness (QED) is 0.321. The van der Waals surface area contributed by atoms with E-state index < -0.39 is 6.23 Å². The molecule has 1 aliphatic rings. The van der Waals surface area contributed by atoms with Gasteiger partial charge in [0.2, 0.25) is 11.0 Å². The van der Waals surface area contributed by atoms with Crippen molar-refractivity contribution in [3.8, 4) is 28.6 Å². The maximum absolute atomic E-state index is 10.0. The fourth-order valence-corrected chi connectivity index (χ4v) is 4.10. The van der Waals surface area contributed by atoms with Crippen molar-refractivity contribution in [2.24, 2.45) is 0 Å². The Labute approximate surface area is 181 Å². The van der Waals surface area contributed by atoms with Crippen LogP contribution >= 0.6 is 43.6 Å². The van der Waals surface area contributed by atoms with Crippen LogP contribution in [0.4, 0.5) is 5.69 Å². The van der Waals surface area contributed by atoms with Crippen molar-refractivity contribution in [2.45, 2.75) is 18.3 Å². The van der Waals surface area contributed by atoms with E-state index in [1.54, 1.807) is 6.07 Å². The molecule has 3 N–H and O–H groups in total. The van der Waals surface area contributed by atoms with Crippen LogP contribution in [-0.2, 0) is 0 Å². The highest BCUT2D eigenvalue weighted by Crippen LogP contribution is 2.43. The highest BCUT2D eigenvalue weighted by atomic mass is 79.9. The molecule has 1 aromatic heterocycles. The molecule has 0 fully saturated rings. The van der Waals surface area contributed by atoms with Gasteiger partial charge in [-0.25, -0.2) is 0 Å². The molecule has 2 aromatic carbocycles. The average Bonchev–Trinajstić information content (AvgIpc) is 2.82. The zero-order valence-electron chi connectivity index (χ0n) is 14.5. The van der Waals surface area contributed by atoms with E-state index in [-0.39, 0.29) is 11.5 Å². The lowest BCUT2D eigenvalue weighted by atomic mass is 10.1. The summed E-state index contributed by atoms with van der Waals surface area (Å²) in [6, 6.07) is 8.83. The van der Waals surface area contributed by atoms with E-state index in [1.807, 2.05) is 25.1 Å². The second kappa shape index (κ2) is 7.76. The van der Waals surface area contributed by atoms with Crippen LogP contribution in [0.1, 0.15) is 18.7 Å². The fourth-order valence-electron chi connectivity index (χ4n) is 2.77. The minimum absolute atomic E-state index is 0.229. The molecule has 0 aliphatic carbocycles. The molecule has 0 saturated heterocycles. The molecule has 10 heteroatoms. The van der Waals surface area contributed by atoms with Gasteiger partial charge in [0.15, 0.2) is 23.4 Å². The predicted octanol–water partition coefficient (Wildman–Crippen LogP) is 5.09. The topological polar surface area (TPSA) is 100 Å². The fraction of sp³-hybridized carbons (Fsp3) is 0.167. The Bertz CT molecular complexity index is 1040. The van der Waals surface area contributed by atoms with Crippen LogP contribution in [0.2, 0.25) is 0 Å². The van der Waals surface area contributed by atoms with Crippen molar-refractivity contribution in [1.29, 1.82) is 0 Å². The average molecular weight is 526 g/mol. The van der Waals surface area contributed by atoms with Crippen LogP contribution in [0.5, 0.6) is 17.4 Å². The number of nitrogens with one attached hydrogen (secondary N) is 1. The van der Waals surface area contributed by atoms with Crippen LogP contribution in [0.15, 0.2) is 44.4 Å². The summed E-state index contributed by atoms with van der Waals surface area (Å²) in [6.45, 7) is 2.01. The molecule has 1 atom stereocenters. The predicted molar refractivity (Wildman–Crippen MR) is 114 cm³/mol. The summed E-state index contributed by atoms with van der Waals surface area (Å²) in [4.78, 5) is 4.52. The van der Waals surface area contributed by atoms with Gasteiger partial charge >= 0.3 is 0 Å². The van der Waals surface area contributed by atoms with E-state index >= 15 is 0 Å². The van der Waals surface area contributed by atoms with Crippen molar-refractivity contribution in [1.82, 2.24) is 15.2 Å². The number of aromatic nitrogens is 3. The number of phenolic OH excluding ortho intramolecular Hbond substituents is 2. The van der Waals surface area contributed by atoms with E-state index in [0.717, 1.165) is 21.5 Å². The van der Waals surface area contributed by atoms with E-state index in [9.17, 15) is 10.2 Å². The first-order valence-electron chi connectivity index (χ1n) is 8.28. The maximum atomic E-state index is 10.0.